The lowest BCUT2D eigenvalue weighted by atomic mass is 10.0. The molecule has 0 spiro atoms. The number of hydrogen-bond acceptors (Lipinski definition) is 7. The summed E-state index contributed by atoms with van der Waals surface area (Å²) in [6, 6.07) is 0. The standard InChI is InChI=1S/C14H24O8/c1-4-6-14(2,3)22-21-7-5-12(15)19-10-8-18-9-11-20-13(16)17/h5,7H,4,6,8-11H2,1-3H3,(H,16,17). The molecule has 0 fully saturated rings. The Labute approximate surface area is 129 Å². The van der Waals surface area contributed by atoms with Gasteiger partial charge in [0.25, 0.3) is 0 Å². The number of esters is 1. The van der Waals surface area contributed by atoms with Gasteiger partial charge >= 0.3 is 12.1 Å². The SMILES string of the molecule is CCCC(C)(C)OOC=CC(=O)OCCOCCOC(=O)O. The van der Waals surface area contributed by atoms with E-state index in [-0.39, 0.29) is 26.4 Å². The molecule has 0 bridgehead atoms. The minimum absolute atomic E-state index is 0.0401. The van der Waals surface area contributed by atoms with Crippen LogP contribution in [0.3, 0.4) is 0 Å². The zero-order chi connectivity index (χ0) is 16.8. The van der Waals surface area contributed by atoms with Crippen molar-refractivity contribution < 1.29 is 38.7 Å². The Morgan fingerprint density at radius 1 is 1.09 bits per heavy atom. The van der Waals surface area contributed by atoms with Gasteiger partial charge in [0.2, 0.25) is 0 Å². The van der Waals surface area contributed by atoms with Gasteiger partial charge in [-0.2, -0.15) is 4.89 Å². The van der Waals surface area contributed by atoms with E-state index in [9.17, 15) is 9.59 Å². The number of ether oxygens (including phenoxy) is 3. The van der Waals surface area contributed by atoms with E-state index in [2.05, 4.69) is 4.74 Å². The van der Waals surface area contributed by atoms with Crippen LogP contribution in [0, 0.1) is 0 Å². The fourth-order valence-corrected chi connectivity index (χ4v) is 1.42. The lowest BCUT2D eigenvalue weighted by molar-refractivity contribution is -0.317. The Bertz CT molecular complexity index is 351. The zero-order valence-electron chi connectivity index (χ0n) is 13.2. The van der Waals surface area contributed by atoms with E-state index in [1.807, 2.05) is 20.8 Å². The first-order chi connectivity index (χ1) is 10.4. The monoisotopic (exact) mass is 320 g/mol. The molecule has 0 aromatic carbocycles. The molecule has 8 heteroatoms. The molecule has 0 aliphatic carbocycles. The van der Waals surface area contributed by atoms with Crippen LogP contribution in [0.2, 0.25) is 0 Å². The normalized spacial score (nSPS) is 11.4. The second-order valence-electron chi connectivity index (χ2n) is 4.89. The summed E-state index contributed by atoms with van der Waals surface area (Å²) in [5.74, 6) is -0.595. The topological polar surface area (TPSA) is 101 Å². The summed E-state index contributed by atoms with van der Waals surface area (Å²) in [6.07, 6.45) is 2.63. The zero-order valence-corrected chi connectivity index (χ0v) is 13.2. The Balaban J connectivity index is 3.57. The molecule has 0 unspecified atom stereocenters. The molecule has 0 saturated carbocycles. The van der Waals surface area contributed by atoms with Crippen molar-refractivity contribution in [2.45, 2.75) is 39.2 Å². The molecular formula is C14H24O8. The fraction of sp³-hybridized carbons (Fsp3) is 0.714. The van der Waals surface area contributed by atoms with Gasteiger partial charge in [-0.05, 0) is 20.3 Å². The van der Waals surface area contributed by atoms with Crippen LogP contribution in [0.1, 0.15) is 33.6 Å². The van der Waals surface area contributed by atoms with E-state index >= 15 is 0 Å². The van der Waals surface area contributed by atoms with Crippen LogP contribution in [0.15, 0.2) is 12.3 Å². The predicted molar refractivity (Wildman–Crippen MR) is 76.1 cm³/mol. The lowest BCUT2D eigenvalue weighted by Gasteiger charge is -2.21. The van der Waals surface area contributed by atoms with Gasteiger partial charge in [-0.15, -0.1) is 0 Å². The maximum Gasteiger partial charge on any atom is 0.505 e. The van der Waals surface area contributed by atoms with Gasteiger partial charge in [-0.3, -0.25) is 0 Å². The van der Waals surface area contributed by atoms with Crippen molar-refractivity contribution in [3.63, 3.8) is 0 Å². The van der Waals surface area contributed by atoms with Gasteiger partial charge in [0, 0.05) is 0 Å². The molecule has 0 heterocycles. The molecule has 0 aromatic rings. The molecule has 1 N–H and O–H groups in total. The van der Waals surface area contributed by atoms with Crippen LogP contribution in [0.5, 0.6) is 0 Å². The van der Waals surface area contributed by atoms with Gasteiger partial charge in [0.05, 0.1) is 19.3 Å². The van der Waals surface area contributed by atoms with Crippen LogP contribution in [0.25, 0.3) is 0 Å². The van der Waals surface area contributed by atoms with Gasteiger partial charge in [0.15, 0.2) is 0 Å². The van der Waals surface area contributed by atoms with Crippen molar-refractivity contribution in [2.75, 3.05) is 26.4 Å². The average Bonchev–Trinajstić information content (AvgIpc) is 2.42. The van der Waals surface area contributed by atoms with Crippen LogP contribution in [-0.4, -0.2) is 49.3 Å². The molecule has 0 aliphatic heterocycles. The Kier molecular flexibility index (Phi) is 10.8. The van der Waals surface area contributed by atoms with E-state index in [1.54, 1.807) is 0 Å². The quantitative estimate of drug-likeness (QED) is 0.146. The molecule has 8 nitrogen and oxygen atoms in total. The van der Waals surface area contributed by atoms with Gasteiger partial charge < -0.3 is 24.2 Å². The average molecular weight is 320 g/mol. The Hall–Kier alpha value is -1.80. The van der Waals surface area contributed by atoms with Crippen LogP contribution < -0.4 is 0 Å². The van der Waals surface area contributed by atoms with Crippen molar-refractivity contribution in [1.82, 2.24) is 0 Å². The molecule has 0 rings (SSSR count). The van der Waals surface area contributed by atoms with E-state index in [1.165, 1.54) is 0 Å². The minimum Gasteiger partial charge on any atom is -0.460 e. The molecular weight excluding hydrogens is 296 g/mol. The molecule has 22 heavy (non-hydrogen) atoms. The van der Waals surface area contributed by atoms with Crippen molar-refractivity contribution in [3.8, 4) is 0 Å². The third-order valence-corrected chi connectivity index (χ3v) is 2.31. The summed E-state index contributed by atoms with van der Waals surface area (Å²) in [7, 11) is 0. The first-order valence-electron chi connectivity index (χ1n) is 6.98. The molecule has 0 saturated heterocycles. The molecule has 0 radical (unpaired) electrons. The van der Waals surface area contributed by atoms with Crippen molar-refractivity contribution in [2.24, 2.45) is 0 Å². The van der Waals surface area contributed by atoms with Crippen molar-refractivity contribution >= 4 is 12.1 Å². The smallest absolute Gasteiger partial charge is 0.460 e. The summed E-state index contributed by atoms with van der Waals surface area (Å²) in [4.78, 5) is 31.2. The van der Waals surface area contributed by atoms with E-state index < -0.39 is 17.7 Å². The summed E-state index contributed by atoms with van der Waals surface area (Å²) in [6.45, 7) is 6.02. The van der Waals surface area contributed by atoms with E-state index in [4.69, 9.17) is 24.4 Å². The second kappa shape index (κ2) is 11.8. The van der Waals surface area contributed by atoms with Crippen LogP contribution in [-0.2, 0) is 28.8 Å². The Morgan fingerprint density at radius 2 is 1.73 bits per heavy atom. The molecule has 0 aliphatic rings. The highest BCUT2D eigenvalue weighted by atomic mass is 17.2. The highest BCUT2D eigenvalue weighted by Gasteiger charge is 2.18. The van der Waals surface area contributed by atoms with Gasteiger partial charge in [-0.25, -0.2) is 9.59 Å². The minimum atomic E-state index is -1.36. The van der Waals surface area contributed by atoms with Crippen LogP contribution in [0.4, 0.5) is 4.79 Å². The predicted octanol–water partition coefficient (Wildman–Crippen LogP) is 2.28. The first-order valence-corrected chi connectivity index (χ1v) is 6.98. The van der Waals surface area contributed by atoms with E-state index in [0.717, 1.165) is 25.2 Å². The first kappa shape index (κ1) is 20.2. The summed E-state index contributed by atoms with van der Waals surface area (Å²) in [5.41, 5.74) is -0.422. The maximum atomic E-state index is 11.3. The number of carbonyl (C=O) groups is 2. The highest BCUT2D eigenvalue weighted by Crippen LogP contribution is 2.16. The highest BCUT2D eigenvalue weighted by molar-refractivity contribution is 5.81. The summed E-state index contributed by atoms with van der Waals surface area (Å²) < 4.78 is 14.0. The fourth-order valence-electron chi connectivity index (χ4n) is 1.42. The summed E-state index contributed by atoms with van der Waals surface area (Å²) in [5, 5.41) is 8.20. The van der Waals surface area contributed by atoms with Crippen LogP contribution >= 0.6 is 0 Å². The largest absolute Gasteiger partial charge is 0.505 e. The number of carboxylic acid groups (broad SMARTS) is 1. The second-order valence-corrected chi connectivity index (χ2v) is 4.89. The summed E-state index contributed by atoms with van der Waals surface area (Å²) >= 11 is 0. The van der Waals surface area contributed by atoms with Crippen molar-refractivity contribution in [1.29, 1.82) is 0 Å². The molecule has 128 valence electrons. The van der Waals surface area contributed by atoms with Crippen molar-refractivity contribution in [3.05, 3.63) is 12.3 Å². The maximum absolute atomic E-state index is 11.3. The third-order valence-electron chi connectivity index (χ3n) is 2.31. The number of carbonyl (C=O) groups excluding carboxylic acids is 1. The molecule has 0 amide bonds. The Morgan fingerprint density at radius 3 is 2.32 bits per heavy atom. The number of rotatable bonds is 12. The molecule has 0 aromatic heterocycles. The number of hydrogen-bond donors (Lipinski definition) is 1. The third kappa shape index (κ3) is 13.2. The molecule has 0 atom stereocenters. The lowest BCUT2D eigenvalue weighted by Crippen LogP contribution is -2.23. The van der Waals surface area contributed by atoms with Gasteiger partial charge in [-0.1, -0.05) is 13.3 Å². The van der Waals surface area contributed by atoms with Gasteiger partial charge in [0.1, 0.15) is 25.1 Å². The van der Waals surface area contributed by atoms with E-state index in [0.29, 0.717) is 0 Å².